The average molecular weight is 276 g/mol. The van der Waals surface area contributed by atoms with E-state index in [-0.39, 0.29) is 2.85 Å². The molecule has 0 aromatic carbocycles. The zero-order chi connectivity index (χ0) is 14.3. The summed E-state index contributed by atoms with van der Waals surface area (Å²) >= 11 is 0. The van der Waals surface area contributed by atoms with Gasteiger partial charge < -0.3 is 4.98 Å². The van der Waals surface area contributed by atoms with E-state index in [0.29, 0.717) is 23.1 Å². The fraction of sp³-hybridized carbons (Fsp3) is 0.429. The first-order valence-electron chi connectivity index (χ1n) is 6.76. The third-order valence-electron chi connectivity index (χ3n) is 3.96. The fourth-order valence-electron chi connectivity index (χ4n) is 2.65. The van der Waals surface area contributed by atoms with Gasteiger partial charge in [-0.15, -0.1) is 5.10 Å². The van der Waals surface area contributed by atoms with Crippen molar-refractivity contribution in [3.05, 3.63) is 44.4 Å². The molecular formula is C14H20N4O2. The van der Waals surface area contributed by atoms with E-state index in [0.717, 1.165) is 17.7 Å². The molecule has 0 aliphatic heterocycles. The van der Waals surface area contributed by atoms with Crippen molar-refractivity contribution in [3.8, 4) is 11.3 Å². The Morgan fingerprint density at radius 3 is 2.85 bits per heavy atom. The third-order valence-corrected chi connectivity index (χ3v) is 3.96. The molecule has 2 heterocycles. The minimum absolute atomic E-state index is 0. The molecule has 0 spiro atoms. The summed E-state index contributed by atoms with van der Waals surface area (Å²) in [7, 11) is 0. The van der Waals surface area contributed by atoms with Gasteiger partial charge in [-0.1, -0.05) is 13.3 Å². The van der Waals surface area contributed by atoms with Crippen LogP contribution in [0.15, 0.2) is 21.9 Å². The van der Waals surface area contributed by atoms with E-state index in [1.807, 2.05) is 13.0 Å². The molecular weight excluding hydrogens is 256 g/mol. The van der Waals surface area contributed by atoms with Gasteiger partial charge in [-0.2, -0.15) is 5.10 Å². The molecule has 20 heavy (non-hydrogen) atoms. The van der Waals surface area contributed by atoms with Crippen molar-refractivity contribution in [2.45, 2.75) is 32.6 Å². The van der Waals surface area contributed by atoms with Gasteiger partial charge in [0.05, 0.1) is 11.3 Å². The van der Waals surface area contributed by atoms with Crippen LogP contribution in [0.2, 0.25) is 0 Å². The van der Waals surface area contributed by atoms with E-state index in [1.54, 1.807) is 0 Å². The summed E-state index contributed by atoms with van der Waals surface area (Å²) in [6.45, 7) is 4.12. The molecule has 2 unspecified atom stereocenters. The van der Waals surface area contributed by atoms with Gasteiger partial charge in [0.1, 0.15) is 5.69 Å². The Bertz CT molecular complexity index is 772. The second-order valence-corrected chi connectivity index (χ2v) is 5.27. The third kappa shape index (κ3) is 2.17. The first-order chi connectivity index (χ1) is 9.60. The lowest BCUT2D eigenvalue weighted by molar-refractivity contribution is 0.758. The van der Waals surface area contributed by atoms with Crippen LogP contribution < -0.4 is 11.2 Å². The van der Waals surface area contributed by atoms with E-state index >= 15 is 0 Å². The van der Waals surface area contributed by atoms with Crippen molar-refractivity contribution in [3.63, 3.8) is 0 Å². The monoisotopic (exact) mass is 276 g/mol. The van der Waals surface area contributed by atoms with Gasteiger partial charge in [0.2, 0.25) is 0 Å². The zero-order valence-corrected chi connectivity index (χ0v) is 11.4. The molecule has 6 nitrogen and oxygen atoms in total. The summed E-state index contributed by atoms with van der Waals surface area (Å²) in [5.41, 5.74) is 1.95. The predicted molar refractivity (Wildman–Crippen MR) is 78.8 cm³/mol. The molecule has 0 radical (unpaired) electrons. The Labute approximate surface area is 118 Å². The summed E-state index contributed by atoms with van der Waals surface area (Å²) in [4.78, 5) is 27.5. The zero-order valence-electron chi connectivity index (χ0n) is 11.4. The first kappa shape index (κ1) is 12.8. The summed E-state index contributed by atoms with van der Waals surface area (Å²) in [5, 5.41) is 8.22. The van der Waals surface area contributed by atoms with Crippen molar-refractivity contribution >= 4 is 0 Å². The molecule has 6 heteroatoms. The van der Waals surface area contributed by atoms with Gasteiger partial charge in [-0.05, 0) is 36.8 Å². The second kappa shape index (κ2) is 4.70. The largest absolute Gasteiger partial charge is 0.325 e. The highest BCUT2D eigenvalue weighted by atomic mass is 16.2. The van der Waals surface area contributed by atoms with Crippen LogP contribution in [0.4, 0.5) is 0 Å². The molecule has 2 atom stereocenters. The van der Waals surface area contributed by atoms with E-state index in [1.165, 1.54) is 12.6 Å². The van der Waals surface area contributed by atoms with Gasteiger partial charge in [0.15, 0.2) is 0 Å². The molecule has 2 aromatic rings. The van der Waals surface area contributed by atoms with Gasteiger partial charge in [-0.25, -0.2) is 4.79 Å². The standard InChI is InChI=1S/C14H16N4O2.2H2/c1-3-8-4-10(8)9-5-12(18-17-7(9)2)11-6-15-14(20)16-13(11)19;;/h5-6,8,10H,3-4H2,1-2H3,(H2,15,16,19,20);2*1H. The van der Waals surface area contributed by atoms with Crippen molar-refractivity contribution in [2.24, 2.45) is 5.92 Å². The normalized spacial score (nSPS) is 20.9. The lowest BCUT2D eigenvalue weighted by Gasteiger charge is -2.06. The summed E-state index contributed by atoms with van der Waals surface area (Å²) in [5.74, 6) is 1.23. The van der Waals surface area contributed by atoms with Crippen LogP contribution in [-0.2, 0) is 0 Å². The van der Waals surface area contributed by atoms with Crippen LogP contribution >= 0.6 is 0 Å². The number of nitrogens with one attached hydrogen (secondary N) is 2. The number of H-pyrrole nitrogens is 2. The summed E-state index contributed by atoms with van der Waals surface area (Å²) in [6, 6.07) is 1.92. The molecule has 0 saturated heterocycles. The van der Waals surface area contributed by atoms with Crippen LogP contribution in [0.5, 0.6) is 0 Å². The first-order valence-corrected chi connectivity index (χ1v) is 6.76. The molecule has 0 bridgehead atoms. The number of aromatic amines is 2. The van der Waals surface area contributed by atoms with Crippen molar-refractivity contribution in [1.82, 2.24) is 20.2 Å². The van der Waals surface area contributed by atoms with Gasteiger partial charge >= 0.3 is 5.69 Å². The van der Waals surface area contributed by atoms with E-state index < -0.39 is 11.2 Å². The number of hydrogen-bond donors (Lipinski definition) is 2. The molecule has 0 amide bonds. The fourth-order valence-corrected chi connectivity index (χ4v) is 2.65. The maximum Gasteiger partial charge on any atom is 0.325 e. The number of aromatic nitrogens is 4. The molecule has 3 rings (SSSR count). The second-order valence-electron chi connectivity index (χ2n) is 5.27. The number of hydrogen-bond acceptors (Lipinski definition) is 4. The molecule has 1 aliphatic rings. The van der Waals surface area contributed by atoms with Crippen LogP contribution in [0.1, 0.15) is 39.8 Å². The van der Waals surface area contributed by atoms with Crippen molar-refractivity contribution in [1.29, 1.82) is 0 Å². The van der Waals surface area contributed by atoms with Gasteiger partial charge in [-0.3, -0.25) is 9.78 Å². The van der Waals surface area contributed by atoms with Gasteiger partial charge in [0, 0.05) is 9.05 Å². The predicted octanol–water partition coefficient (Wildman–Crippen LogP) is 1.83. The maximum absolute atomic E-state index is 11.8. The SMILES string of the molecule is CCC1CC1c1cc(-c2c[nH]c(=O)[nH]c2=O)nnc1C.[HH].[HH]. The Morgan fingerprint density at radius 1 is 1.40 bits per heavy atom. The molecule has 2 N–H and O–H groups in total. The quantitative estimate of drug-likeness (QED) is 0.894. The molecule has 1 fully saturated rings. The Hall–Kier alpha value is -2.24. The molecule has 108 valence electrons. The molecule has 1 aliphatic carbocycles. The van der Waals surface area contributed by atoms with Crippen LogP contribution in [-0.4, -0.2) is 20.2 Å². The van der Waals surface area contributed by atoms with Crippen LogP contribution in [0.25, 0.3) is 11.3 Å². The smallest absolute Gasteiger partial charge is 0.313 e. The Kier molecular flexibility index (Phi) is 3.00. The van der Waals surface area contributed by atoms with E-state index in [9.17, 15) is 9.59 Å². The summed E-state index contributed by atoms with van der Waals surface area (Å²) in [6.07, 6.45) is 3.71. The highest BCUT2D eigenvalue weighted by Gasteiger charge is 2.38. The van der Waals surface area contributed by atoms with E-state index in [2.05, 4.69) is 27.1 Å². The molecule has 2 aromatic heterocycles. The highest BCUT2D eigenvalue weighted by Crippen LogP contribution is 2.50. The minimum atomic E-state index is -0.521. The van der Waals surface area contributed by atoms with Crippen molar-refractivity contribution in [2.75, 3.05) is 0 Å². The lowest BCUT2D eigenvalue weighted by atomic mass is 10.1. The highest BCUT2D eigenvalue weighted by molar-refractivity contribution is 5.57. The Morgan fingerprint density at radius 2 is 2.20 bits per heavy atom. The lowest BCUT2D eigenvalue weighted by Crippen LogP contribution is -2.23. The number of rotatable bonds is 3. The topological polar surface area (TPSA) is 91.5 Å². The van der Waals surface area contributed by atoms with Crippen LogP contribution in [0.3, 0.4) is 0 Å². The van der Waals surface area contributed by atoms with Gasteiger partial charge in [0.25, 0.3) is 5.56 Å². The number of nitrogens with zero attached hydrogens (tertiary/aromatic N) is 2. The summed E-state index contributed by atoms with van der Waals surface area (Å²) < 4.78 is 0. The minimum Gasteiger partial charge on any atom is -0.313 e. The molecule has 1 saturated carbocycles. The number of aryl methyl sites for hydroxylation is 1. The maximum atomic E-state index is 11.8. The van der Waals surface area contributed by atoms with Crippen molar-refractivity contribution < 1.29 is 2.85 Å². The van der Waals surface area contributed by atoms with Crippen LogP contribution in [0, 0.1) is 12.8 Å². The average Bonchev–Trinajstić information content (AvgIpc) is 3.19. The Balaban J connectivity index is 0.00000121. The van der Waals surface area contributed by atoms with E-state index in [4.69, 9.17) is 0 Å².